The minimum Gasteiger partial charge on any atom is -0.465 e. The molecule has 0 saturated carbocycles. The normalized spacial score (nSPS) is 10.8. The van der Waals surface area contributed by atoms with Gasteiger partial charge in [-0.3, -0.25) is 4.79 Å². The number of carbonyl (C=O) groups excluding carboxylic acids is 2. The van der Waals surface area contributed by atoms with Crippen molar-refractivity contribution in [2.45, 2.75) is 6.92 Å². The fraction of sp³-hybridized carbons (Fsp3) is 0.0909. The largest absolute Gasteiger partial charge is 0.465 e. The first-order chi connectivity index (χ1) is 13.5. The van der Waals surface area contributed by atoms with Crippen LogP contribution in [0.25, 0.3) is 17.2 Å². The van der Waals surface area contributed by atoms with Gasteiger partial charge in [0.05, 0.1) is 7.11 Å². The number of thiophene rings is 1. The van der Waals surface area contributed by atoms with Gasteiger partial charge in [0.2, 0.25) is 5.91 Å². The molecule has 0 saturated heterocycles. The van der Waals surface area contributed by atoms with Gasteiger partial charge in [0.15, 0.2) is 0 Å². The first kappa shape index (κ1) is 19.5. The Bertz CT molecular complexity index is 1020. The van der Waals surface area contributed by atoms with Crippen LogP contribution in [0.5, 0.6) is 0 Å². The van der Waals surface area contributed by atoms with Gasteiger partial charge in [0, 0.05) is 16.5 Å². The molecule has 0 aliphatic heterocycles. The number of anilines is 1. The van der Waals surface area contributed by atoms with Crippen LogP contribution in [0.1, 0.15) is 20.8 Å². The second-order valence-electron chi connectivity index (χ2n) is 5.97. The van der Waals surface area contributed by atoms with E-state index in [1.807, 2.05) is 37.3 Å². The van der Waals surface area contributed by atoms with Crippen molar-refractivity contribution in [2.75, 3.05) is 12.4 Å². The Labute approximate surface area is 166 Å². The van der Waals surface area contributed by atoms with Gasteiger partial charge < -0.3 is 10.1 Å². The SMILES string of the molecule is COC(=O)c1c(NC(=O)C=Cc2ccc(F)cc2)sc(C)c1-c1ccccc1. The quantitative estimate of drug-likeness (QED) is 0.471. The predicted octanol–water partition coefficient (Wildman–Crippen LogP) is 5.30. The van der Waals surface area contributed by atoms with Gasteiger partial charge in [-0.05, 0) is 36.3 Å². The summed E-state index contributed by atoms with van der Waals surface area (Å²) >= 11 is 1.32. The van der Waals surface area contributed by atoms with E-state index in [1.165, 1.54) is 36.7 Å². The minimum absolute atomic E-state index is 0.333. The van der Waals surface area contributed by atoms with Crippen molar-refractivity contribution in [3.8, 4) is 11.1 Å². The lowest BCUT2D eigenvalue weighted by molar-refractivity contribution is -0.111. The third-order valence-electron chi connectivity index (χ3n) is 4.07. The number of nitrogens with one attached hydrogen (secondary N) is 1. The summed E-state index contributed by atoms with van der Waals surface area (Å²) in [6, 6.07) is 15.3. The van der Waals surface area contributed by atoms with Gasteiger partial charge in [0.25, 0.3) is 0 Å². The molecule has 0 unspecified atom stereocenters. The summed E-state index contributed by atoms with van der Waals surface area (Å²) in [5, 5.41) is 3.18. The number of hydrogen-bond acceptors (Lipinski definition) is 4. The molecule has 2 aromatic carbocycles. The average molecular weight is 395 g/mol. The fourth-order valence-electron chi connectivity index (χ4n) is 2.78. The van der Waals surface area contributed by atoms with Crippen molar-refractivity contribution >= 4 is 34.3 Å². The van der Waals surface area contributed by atoms with Crippen LogP contribution in [0.3, 0.4) is 0 Å². The van der Waals surface area contributed by atoms with Crippen LogP contribution in [0.4, 0.5) is 9.39 Å². The van der Waals surface area contributed by atoms with Gasteiger partial charge in [0.1, 0.15) is 16.4 Å². The molecule has 142 valence electrons. The molecule has 28 heavy (non-hydrogen) atoms. The summed E-state index contributed by atoms with van der Waals surface area (Å²) in [4.78, 5) is 25.7. The number of rotatable bonds is 5. The molecule has 3 rings (SSSR count). The first-order valence-electron chi connectivity index (χ1n) is 8.51. The fourth-order valence-corrected chi connectivity index (χ4v) is 3.85. The van der Waals surface area contributed by atoms with Crippen molar-refractivity contribution in [1.29, 1.82) is 0 Å². The number of amides is 1. The van der Waals surface area contributed by atoms with E-state index in [1.54, 1.807) is 18.2 Å². The van der Waals surface area contributed by atoms with Crippen LogP contribution in [0, 0.1) is 12.7 Å². The number of benzene rings is 2. The van der Waals surface area contributed by atoms with Crippen LogP contribution >= 0.6 is 11.3 Å². The smallest absolute Gasteiger partial charge is 0.341 e. The lowest BCUT2D eigenvalue weighted by Crippen LogP contribution is -2.11. The number of ether oxygens (including phenoxy) is 1. The molecule has 1 aromatic heterocycles. The molecular formula is C22H18FNO3S. The summed E-state index contributed by atoms with van der Waals surface area (Å²) in [5.41, 5.74) is 2.64. The molecule has 4 nitrogen and oxygen atoms in total. The highest BCUT2D eigenvalue weighted by Gasteiger charge is 2.24. The third-order valence-corrected chi connectivity index (χ3v) is 5.09. The summed E-state index contributed by atoms with van der Waals surface area (Å²) in [6.07, 6.45) is 2.91. The van der Waals surface area contributed by atoms with E-state index >= 15 is 0 Å². The lowest BCUT2D eigenvalue weighted by atomic mass is 10.0. The van der Waals surface area contributed by atoms with E-state index in [-0.39, 0.29) is 5.82 Å². The molecule has 1 N–H and O–H groups in total. The molecule has 0 spiro atoms. The topological polar surface area (TPSA) is 55.4 Å². The maximum Gasteiger partial charge on any atom is 0.341 e. The molecule has 0 aliphatic rings. The lowest BCUT2D eigenvalue weighted by Gasteiger charge is -2.07. The number of hydrogen-bond donors (Lipinski definition) is 1. The van der Waals surface area contributed by atoms with Crippen molar-refractivity contribution in [3.63, 3.8) is 0 Å². The Morgan fingerprint density at radius 3 is 2.39 bits per heavy atom. The molecule has 0 bridgehead atoms. The summed E-state index contributed by atoms with van der Waals surface area (Å²) < 4.78 is 17.9. The maximum atomic E-state index is 13.0. The van der Waals surface area contributed by atoms with Gasteiger partial charge in [-0.1, -0.05) is 42.5 Å². The number of aryl methyl sites for hydroxylation is 1. The highest BCUT2D eigenvalue weighted by Crippen LogP contribution is 2.40. The zero-order valence-corrected chi connectivity index (χ0v) is 16.2. The maximum absolute atomic E-state index is 13.0. The van der Waals surface area contributed by atoms with Gasteiger partial charge in [-0.15, -0.1) is 11.3 Å². The Hall–Kier alpha value is -3.25. The van der Waals surface area contributed by atoms with Gasteiger partial charge >= 0.3 is 5.97 Å². The van der Waals surface area contributed by atoms with Crippen LogP contribution in [-0.4, -0.2) is 19.0 Å². The van der Waals surface area contributed by atoms with Crippen LogP contribution < -0.4 is 5.32 Å². The monoisotopic (exact) mass is 395 g/mol. The minimum atomic E-state index is -0.513. The highest BCUT2D eigenvalue weighted by molar-refractivity contribution is 7.17. The summed E-state index contributed by atoms with van der Waals surface area (Å²) in [7, 11) is 1.31. The van der Waals surface area contributed by atoms with E-state index in [0.29, 0.717) is 16.1 Å². The number of halogens is 1. The van der Waals surface area contributed by atoms with E-state index in [0.717, 1.165) is 16.0 Å². The van der Waals surface area contributed by atoms with Crippen LogP contribution in [0.2, 0.25) is 0 Å². The van der Waals surface area contributed by atoms with E-state index in [2.05, 4.69) is 5.32 Å². The number of methoxy groups -OCH3 is 1. The molecule has 1 heterocycles. The average Bonchev–Trinajstić information content (AvgIpc) is 3.03. The molecule has 1 amide bonds. The summed E-state index contributed by atoms with van der Waals surface area (Å²) in [5.74, 6) is -1.25. The predicted molar refractivity (Wildman–Crippen MR) is 110 cm³/mol. The Morgan fingerprint density at radius 2 is 1.75 bits per heavy atom. The van der Waals surface area contributed by atoms with Crippen molar-refractivity contribution in [3.05, 3.63) is 82.5 Å². The first-order valence-corrected chi connectivity index (χ1v) is 9.33. The van der Waals surface area contributed by atoms with Crippen molar-refractivity contribution in [1.82, 2.24) is 0 Å². The molecule has 0 radical (unpaired) electrons. The zero-order chi connectivity index (χ0) is 20.1. The van der Waals surface area contributed by atoms with E-state index < -0.39 is 11.9 Å². The van der Waals surface area contributed by atoms with Crippen LogP contribution in [0.15, 0.2) is 60.7 Å². The third kappa shape index (κ3) is 4.35. The molecule has 0 fully saturated rings. The Morgan fingerprint density at radius 1 is 1.07 bits per heavy atom. The molecular weight excluding hydrogens is 377 g/mol. The molecule has 0 aliphatic carbocycles. The Balaban J connectivity index is 1.90. The second-order valence-corrected chi connectivity index (χ2v) is 7.19. The van der Waals surface area contributed by atoms with Gasteiger partial charge in [-0.2, -0.15) is 0 Å². The number of esters is 1. The molecule has 3 aromatic rings. The highest BCUT2D eigenvalue weighted by atomic mass is 32.1. The zero-order valence-electron chi connectivity index (χ0n) is 15.4. The molecule has 0 atom stereocenters. The van der Waals surface area contributed by atoms with E-state index in [9.17, 15) is 14.0 Å². The van der Waals surface area contributed by atoms with Gasteiger partial charge in [-0.25, -0.2) is 9.18 Å². The summed E-state index contributed by atoms with van der Waals surface area (Å²) in [6.45, 7) is 1.89. The standard InChI is InChI=1S/C22H18FNO3S/c1-14-19(16-6-4-3-5-7-16)20(22(26)27-2)21(28-14)24-18(25)13-10-15-8-11-17(23)12-9-15/h3-13H,1-2H3,(H,24,25). The van der Waals surface area contributed by atoms with Crippen molar-refractivity contribution in [2.24, 2.45) is 0 Å². The Kier molecular flexibility index (Phi) is 6.01. The van der Waals surface area contributed by atoms with Crippen molar-refractivity contribution < 1.29 is 18.7 Å². The second kappa shape index (κ2) is 8.63. The van der Waals surface area contributed by atoms with Crippen LogP contribution in [-0.2, 0) is 9.53 Å². The molecule has 6 heteroatoms. The van der Waals surface area contributed by atoms with E-state index in [4.69, 9.17) is 4.74 Å². The number of carbonyl (C=O) groups is 2.